The van der Waals surface area contributed by atoms with E-state index in [1.807, 2.05) is 0 Å². The van der Waals surface area contributed by atoms with Gasteiger partial charge in [0.05, 0.1) is 11.9 Å². The van der Waals surface area contributed by atoms with E-state index < -0.39 is 30.1 Å². The van der Waals surface area contributed by atoms with Crippen molar-refractivity contribution in [2.24, 2.45) is 5.84 Å². The van der Waals surface area contributed by atoms with Gasteiger partial charge in [0, 0.05) is 6.54 Å². The van der Waals surface area contributed by atoms with E-state index in [1.54, 1.807) is 20.8 Å². The Balaban J connectivity index is 2.25. The number of nitrogens with two attached hydrogens (primary N) is 1. The summed E-state index contributed by atoms with van der Waals surface area (Å²) in [5.74, 6) is 5.38. The van der Waals surface area contributed by atoms with E-state index >= 15 is 0 Å². The highest BCUT2D eigenvalue weighted by atomic mass is 19.4. The number of hydrazine groups is 1. The molecule has 0 spiro atoms. The number of nitrogens with one attached hydrogen (secondary N) is 2. The molecule has 1 saturated heterocycles. The van der Waals surface area contributed by atoms with Crippen molar-refractivity contribution in [3.05, 3.63) is 23.9 Å². The third-order valence-electron chi connectivity index (χ3n) is 3.82. The summed E-state index contributed by atoms with van der Waals surface area (Å²) in [5.41, 5.74) is 1.32. The predicted molar refractivity (Wildman–Crippen MR) is 89.9 cm³/mol. The van der Waals surface area contributed by atoms with Gasteiger partial charge in [-0.3, -0.25) is 4.90 Å². The molecule has 146 valence electrons. The second-order valence-corrected chi connectivity index (χ2v) is 7.08. The second kappa shape index (κ2) is 7.67. The van der Waals surface area contributed by atoms with Crippen molar-refractivity contribution in [3.8, 4) is 0 Å². The fourth-order valence-corrected chi connectivity index (χ4v) is 2.91. The molecule has 1 aromatic rings. The van der Waals surface area contributed by atoms with E-state index in [2.05, 4.69) is 15.7 Å². The van der Waals surface area contributed by atoms with E-state index in [4.69, 9.17) is 10.6 Å². The van der Waals surface area contributed by atoms with Crippen molar-refractivity contribution in [1.82, 2.24) is 15.2 Å². The fraction of sp³-hybridized carbons (Fsp3) is 0.625. The molecule has 1 aromatic heterocycles. The number of ether oxygens (including phenoxy) is 1. The van der Waals surface area contributed by atoms with Gasteiger partial charge in [0.15, 0.2) is 6.04 Å². The lowest BCUT2D eigenvalue weighted by molar-refractivity contribution is -0.191. The van der Waals surface area contributed by atoms with E-state index in [-0.39, 0.29) is 18.1 Å². The maximum absolute atomic E-state index is 13.8. The monoisotopic (exact) mass is 375 g/mol. The molecule has 7 nitrogen and oxygen atoms in total. The van der Waals surface area contributed by atoms with Crippen LogP contribution in [0.5, 0.6) is 0 Å². The molecule has 1 aliphatic rings. The highest BCUT2D eigenvalue weighted by Gasteiger charge is 2.49. The Morgan fingerprint density at radius 1 is 1.38 bits per heavy atom. The molecule has 26 heavy (non-hydrogen) atoms. The number of carbonyl (C=O) groups is 1. The van der Waals surface area contributed by atoms with Gasteiger partial charge in [-0.2, -0.15) is 13.2 Å². The molecular weight excluding hydrogens is 351 g/mol. The van der Waals surface area contributed by atoms with Crippen molar-refractivity contribution in [1.29, 1.82) is 0 Å². The first kappa shape index (κ1) is 20.2. The number of nitrogens with zero attached hydrogens (tertiary/aromatic N) is 2. The number of pyridine rings is 1. The first-order valence-electron chi connectivity index (χ1n) is 8.27. The van der Waals surface area contributed by atoms with Crippen molar-refractivity contribution >= 4 is 11.9 Å². The zero-order chi connectivity index (χ0) is 19.5. The molecule has 4 N–H and O–H groups in total. The summed E-state index contributed by atoms with van der Waals surface area (Å²) in [6.45, 7) is 5.23. The number of amides is 1. The number of nitrogen functional groups attached to an aromatic ring is 1. The van der Waals surface area contributed by atoms with E-state index in [9.17, 15) is 18.0 Å². The average Bonchev–Trinajstić information content (AvgIpc) is 2.92. The van der Waals surface area contributed by atoms with Crippen molar-refractivity contribution in [2.75, 3.05) is 12.0 Å². The second-order valence-electron chi connectivity index (χ2n) is 7.08. The Labute approximate surface area is 150 Å². The molecule has 0 bridgehead atoms. The number of aromatic nitrogens is 1. The van der Waals surface area contributed by atoms with Gasteiger partial charge in [0.2, 0.25) is 0 Å². The summed E-state index contributed by atoms with van der Waals surface area (Å²) in [6.07, 6.45) is -5.21. The Hall–Kier alpha value is -2.07. The van der Waals surface area contributed by atoms with E-state index in [0.29, 0.717) is 12.8 Å². The molecular formula is C16H24F3N5O2. The quantitative estimate of drug-likeness (QED) is 0.554. The van der Waals surface area contributed by atoms with Crippen LogP contribution in [0.15, 0.2) is 18.2 Å². The molecule has 0 saturated carbocycles. The number of carbonyl (C=O) groups excluding carboxylic acids is 1. The lowest BCUT2D eigenvalue weighted by atomic mass is 10.1. The Morgan fingerprint density at radius 3 is 2.65 bits per heavy atom. The summed E-state index contributed by atoms with van der Waals surface area (Å²) in [5, 5.41) is 2.53. The lowest BCUT2D eigenvalue weighted by Gasteiger charge is -2.34. The van der Waals surface area contributed by atoms with Crippen LogP contribution in [0, 0.1) is 0 Å². The molecule has 0 unspecified atom stereocenters. The van der Waals surface area contributed by atoms with Crippen LogP contribution in [0.1, 0.15) is 45.3 Å². The minimum Gasteiger partial charge on any atom is -0.444 e. The standard InChI is InChI=1S/C16H24F3N5O2/c1-15(2,3)26-14(25)22-12-8-5-9-24(12)13(16(17,18)19)10-6-4-7-11(21-10)23-20/h4,6-7,12-13H,5,8-9,20H2,1-3H3,(H,21,23)(H,22,25)/t12-,13+/m1/s1. The first-order chi connectivity index (χ1) is 12.0. The minimum atomic E-state index is -4.57. The number of alkyl halides is 3. The third-order valence-corrected chi connectivity index (χ3v) is 3.82. The average molecular weight is 375 g/mol. The van der Waals surface area contributed by atoms with Crippen LogP contribution in [0.3, 0.4) is 0 Å². The minimum absolute atomic E-state index is 0.132. The molecule has 10 heteroatoms. The molecule has 2 rings (SSSR count). The van der Waals surface area contributed by atoms with Crippen LogP contribution in [-0.2, 0) is 4.74 Å². The van der Waals surface area contributed by atoms with Gasteiger partial charge >= 0.3 is 12.3 Å². The Morgan fingerprint density at radius 2 is 2.08 bits per heavy atom. The topological polar surface area (TPSA) is 92.5 Å². The van der Waals surface area contributed by atoms with E-state index in [1.165, 1.54) is 23.1 Å². The maximum Gasteiger partial charge on any atom is 0.409 e. The van der Waals surface area contributed by atoms with Crippen LogP contribution in [0.4, 0.5) is 23.8 Å². The fourth-order valence-electron chi connectivity index (χ4n) is 2.91. The number of hydrogen-bond donors (Lipinski definition) is 3. The third kappa shape index (κ3) is 5.21. The van der Waals surface area contributed by atoms with Crippen molar-refractivity contribution in [2.45, 2.75) is 57.6 Å². The number of rotatable bonds is 4. The summed E-state index contributed by atoms with van der Waals surface area (Å²) in [6, 6.07) is 2.25. The molecule has 2 heterocycles. The summed E-state index contributed by atoms with van der Waals surface area (Å²) in [4.78, 5) is 17.1. The number of anilines is 1. The van der Waals surface area contributed by atoms with Gasteiger partial charge < -0.3 is 15.5 Å². The Kier molecular flexibility index (Phi) is 5.97. The predicted octanol–water partition coefficient (Wildman–Crippen LogP) is 2.92. The highest BCUT2D eigenvalue weighted by molar-refractivity contribution is 5.68. The molecule has 1 amide bonds. The molecule has 0 aromatic carbocycles. The normalized spacial score (nSPS) is 19.9. The molecule has 2 atom stereocenters. The van der Waals surface area contributed by atoms with Gasteiger partial charge in [-0.05, 0) is 45.7 Å². The first-order valence-corrected chi connectivity index (χ1v) is 8.27. The largest absolute Gasteiger partial charge is 0.444 e. The molecule has 1 fully saturated rings. The SMILES string of the molecule is CC(C)(C)OC(=O)N[C@H]1CCCN1[C@@H](c1cccc(NN)n1)C(F)(F)F. The summed E-state index contributed by atoms with van der Waals surface area (Å²) in [7, 11) is 0. The molecule has 0 radical (unpaired) electrons. The number of halogens is 3. The van der Waals surface area contributed by atoms with Gasteiger partial charge in [-0.15, -0.1) is 0 Å². The zero-order valence-electron chi connectivity index (χ0n) is 14.9. The van der Waals surface area contributed by atoms with Gasteiger partial charge in [-0.25, -0.2) is 15.6 Å². The number of hydrogen-bond acceptors (Lipinski definition) is 6. The Bertz CT molecular complexity index is 633. The number of likely N-dealkylation sites (tertiary alicyclic amines) is 1. The summed E-state index contributed by atoms with van der Waals surface area (Å²) < 4.78 is 46.5. The van der Waals surface area contributed by atoms with Gasteiger partial charge in [-0.1, -0.05) is 6.07 Å². The highest BCUT2D eigenvalue weighted by Crippen LogP contribution is 2.40. The molecule has 1 aliphatic heterocycles. The van der Waals surface area contributed by atoms with Gasteiger partial charge in [0.25, 0.3) is 0 Å². The van der Waals surface area contributed by atoms with E-state index in [0.717, 1.165) is 0 Å². The van der Waals surface area contributed by atoms with Crippen molar-refractivity contribution < 1.29 is 22.7 Å². The van der Waals surface area contributed by atoms with Crippen LogP contribution in [0.2, 0.25) is 0 Å². The zero-order valence-corrected chi connectivity index (χ0v) is 14.9. The lowest BCUT2D eigenvalue weighted by Crippen LogP contribution is -2.50. The molecule has 0 aliphatic carbocycles. The maximum atomic E-state index is 13.8. The van der Waals surface area contributed by atoms with Crippen LogP contribution in [0.25, 0.3) is 0 Å². The number of alkyl carbamates (subject to hydrolysis) is 1. The smallest absolute Gasteiger partial charge is 0.409 e. The van der Waals surface area contributed by atoms with Crippen molar-refractivity contribution in [3.63, 3.8) is 0 Å². The summed E-state index contributed by atoms with van der Waals surface area (Å²) >= 11 is 0. The van der Waals surface area contributed by atoms with Crippen LogP contribution < -0.4 is 16.6 Å². The van der Waals surface area contributed by atoms with Crippen LogP contribution in [-0.4, -0.2) is 40.5 Å². The van der Waals surface area contributed by atoms with Crippen LogP contribution >= 0.6 is 0 Å². The van der Waals surface area contributed by atoms with Gasteiger partial charge in [0.1, 0.15) is 11.4 Å².